The first-order chi connectivity index (χ1) is 26.7. The second-order valence-electron chi connectivity index (χ2n) is 16.9. The lowest BCUT2D eigenvalue weighted by molar-refractivity contribution is -0.123. The van der Waals surface area contributed by atoms with E-state index < -0.39 is 12.1 Å². The highest BCUT2D eigenvalue weighted by Crippen LogP contribution is 2.16. The molecule has 0 saturated carbocycles. The Morgan fingerprint density at radius 2 is 0.722 bits per heavy atom. The summed E-state index contributed by atoms with van der Waals surface area (Å²) >= 11 is 0. The van der Waals surface area contributed by atoms with Crippen LogP contribution in [0, 0.1) is 0 Å². The van der Waals surface area contributed by atoms with E-state index in [1.54, 1.807) is 6.08 Å². The van der Waals surface area contributed by atoms with Gasteiger partial charge < -0.3 is 15.5 Å². The van der Waals surface area contributed by atoms with E-state index in [0.29, 0.717) is 6.42 Å². The monoisotopic (exact) mass is 760 g/mol. The highest BCUT2D eigenvalue weighted by molar-refractivity contribution is 5.76. The van der Waals surface area contributed by atoms with E-state index >= 15 is 0 Å². The first-order valence-electron chi connectivity index (χ1n) is 24.6. The molecule has 0 aliphatic rings. The number of hydrogen-bond acceptors (Lipinski definition) is 3. The minimum absolute atomic E-state index is 0.0693. The molecule has 54 heavy (non-hydrogen) atoms. The highest BCUT2D eigenvalue weighted by Gasteiger charge is 2.17. The second-order valence-corrected chi connectivity index (χ2v) is 16.9. The van der Waals surface area contributed by atoms with Gasteiger partial charge in [0.25, 0.3) is 0 Å². The number of carbonyl (C=O) groups excluding carboxylic acids is 1. The standard InChI is InChI=1S/C50H97NO3/c1-3-5-7-9-11-13-15-17-19-21-22-23-24-25-26-27-28-30-31-33-35-37-39-41-43-45-49(53)48(47-52)51-50(54)46-44-42-40-38-36-34-32-29-20-18-16-14-12-10-8-6-4-2/h35,37,43,45,48-49,52-53H,3-34,36,38-42,44,46-47H2,1-2H3,(H,51,54)/b37-35+,45-43+. The molecule has 0 saturated heterocycles. The van der Waals surface area contributed by atoms with Crippen LogP contribution in [0.4, 0.5) is 0 Å². The van der Waals surface area contributed by atoms with Gasteiger partial charge in [-0.15, -0.1) is 0 Å². The fourth-order valence-corrected chi connectivity index (χ4v) is 7.67. The molecule has 4 nitrogen and oxygen atoms in total. The van der Waals surface area contributed by atoms with Crippen molar-refractivity contribution in [2.24, 2.45) is 0 Å². The van der Waals surface area contributed by atoms with Crippen LogP contribution in [-0.4, -0.2) is 34.9 Å². The van der Waals surface area contributed by atoms with E-state index in [1.165, 1.54) is 218 Å². The predicted molar refractivity (Wildman–Crippen MR) is 239 cm³/mol. The highest BCUT2D eigenvalue weighted by atomic mass is 16.3. The van der Waals surface area contributed by atoms with Gasteiger partial charge in [0.15, 0.2) is 0 Å². The Morgan fingerprint density at radius 1 is 0.426 bits per heavy atom. The van der Waals surface area contributed by atoms with E-state index in [2.05, 4.69) is 31.3 Å². The summed E-state index contributed by atoms with van der Waals surface area (Å²) in [6.45, 7) is 4.32. The van der Waals surface area contributed by atoms with E-state index in [0.717, 1.165) is 32.1 Å². The number of aliphatic hydroxyl groups is 2. The van der Waals surface area contributed by atoms with Crippen molar-refractivity contribution in [1.29, 1.82) is 0 Å². The summed E-state index contributed by atoms with van der Waals surface area (Å²) in [6, 6.07) is -0.635. The minimum atomic E-state index is -0.858. The van der Waals surface area contributed by atoms with Gasteiger partial charge >= 0.3 is 0 Å². The number of aliphatic hydroxyl groups excluding tert-OH is 2. The molecule has 4 heteroatoms. The van der Waals surface area contributed by atoms with Crippen LogP contribution in [0.5, 0.6) is 0 Å². The lowest BCUT2D eigenvalue weighted by atomic mass is 10.0. The van der Waals surface area contributed by atoms with Crippen molar-refractivity contribution in [2.45, 2.75) is 283 Å². The predicted octanol–water partition coefficient (Wildman–Crippen LogP) is 15.6. The first-order valence-corrected chi connectivity index (χ1v) is 24.6. The maximum atomic E-state index is 12.4. The molecule has 0 aromatic heterocycles. The summed E-state index contributed by atoms with van der Waals surface area (Å²) in [4.78, 5) is 12.4. The van der Waals surface area contributed by atoms with E-state index in [-0.39, 0.29) is 12.5 Å². The third-order valence-corrected chi connectivity index (χ3v) is 11.4. The van der Waals surface area contributed by atoms with Crippen LogP contribution in [0.25, 0.3) is 0 Å². The molecule has 2 unspecified atom stereocenters. The summed E-state index contributed by atoms with van der Waals surface area (Å²) in [5, 5.41) is 23.1. The molecule has 0 radical (unpaired) electrons. The molecule has 0 aliphatic carbocycles. The molecule has 0 heterocycles. The van der Waals surface area contributed by atoms with Gasteiger partial charge in [0.1, 0.15) is 0 Å². The van der Waals surface area contributed by atoms with Gasteiger partial charge in [0.05, 0.1) is 18.8 Å². The smallest absolute Gasteiger partial charge is 0.220 e. The Balaban J connectivity index is 3.53. The Labute approximate surface area is 339 Å². The van der Waals surface area contributed by atoms with Crippen molar-refractivity contribution in [3.05, 3.63) is 24.3 Å². The largest absolute Gasteiger partial charge is 0.394 e. The van der Waals surface area contributed by atoms with Crippen LogP contribution in [0.15, 0.2) is 24.3 Å². The zero-order chi connectivity index (χ0) is 39.3. The maximum absolute atomic E-state index is 12.4. The lowest BCUT2D eigenvalue weighted by Gasteiger charge is -2.19. The summed E-state index contributed by atoms with van der Waals surface area (Å²) in [5.41, 5.74) is 0. The van der Waals surface area contributed by atoms with Crippen LogP contribution < -0.4 is 5.32 Å². The molecule has 2 atom stereocenters. The van der Waals surface area contributed by atoms with Crippen molar-refractivity contribution in [2.75, 3.05) is 6.61 Å². The van der Waals surface area contributed by atoms with Crippen LogP contribution in [0.1, 0.15) is 271 Å². The quantitative estimate of drug-likeness (QED) is 0.0428. The maximum Gasteiger partial charge on any atom is 0.220 e. The van der Waals surface area contributed by atoms with E-state index in [4.69, 9.17) is 0 Å². The van der Waals surface area contributed by atoms with Crippen molar-refractivity contribution < 1.29 is 15.0 Å². The zero-order valence-electron chi connectivity index (χ0n) is 36.8. The van der Waals surface area contributed by atoms with Crippen LogP contribution in [0.2, 0.25) is 0 Å². The Kier molecular flexibility index (Phi) is 45.3. The number of amides is 1. The van der Waals surface area contributed by atoms with Gasteiger partial charge in [0.2, 0.25) is 5.91 Å². The Morgan fingerprint density at radius 3 is 1.07 bits per heavy atom. The van der Waals surface area contributed by atoms with Crippen LogP contribution >= 0.6 is 0 Å². The lowest BCUT2D eigenvalue weighted by Crippen LogP contribution is -2.45. The molecule has 0 aliphatic heterocycles. The fourth-order valence-electron chi connectivity index (χ4n) is 7.67. The number of hydrogen-bond donors (Lipinski definition) is 3. The second kappa shape index (κ2) is 46.3. The third-order valence-electron chi connectivity index (χ3n) is 11.4. The molecule has 0 aromatic rings. The molecular formula is C50H97NO3. The molecule has 1 amide bonds. The van der Waals surface area contributed by atoms with Gasteiger partial charge in [-0.3, -0.25) is 4.79 Å². The normalized spacial score (nSPS) is 13.0. The summed E-state index contributed by atoms with van der Waals surface area (Å²) in [6.07, 6.45) is 60.3. The zero-order valence-corrected chi connectivity index (χ0v) is 36.8. The number of nitrogens with one attached hydrogen (secondary N) is 1. The Hall–Kier alpha value is -1.13. The SMILES string of the molecule is CCCCCCCCCCCCCCCCCCCCC/C=C/CC/C=C/C(O)C(CO)NC(=O)CCCCCCCCCCCCCCCCCCC. The molecule has 0 bridgehead atoms. The number of carbonyl (C=O) groups is 1. The van der Waals surface area contributed by atoms with Gasteiger partial charge in [0, 0.05) is 6.42 Å². The number of rotatable bonds is 45. The third kappa shape index (κ3) is 42.0. The summed E-state index contributed by atoms with van der Waals surface area (Å²) in [7, 11) is 0. The van der Waals surface area contributed by atoms with Crippen molar-refractivity contribution in [3.8, 4) is 0 Å². The van der Waals surface area contributed by atoms with Crippen molar-refractivity contribution in [1.82, 2.24) is 5.32 Å². The molecule has 320 valence electrons. The summed E-state index contributed by atoms with van der Waals surface area (Å²) in [5.74, 6) is -0.0693. The number of allylic oxidation sites excluding steroid dienone is 3. The number of unbranched alkanes of at least 4 members (excludes halogenated alkanes) is 36. The molecule has 0 aromatic carbocycles. The first kappa shape index (κ1) is 52.9. The molecule has 0 rings (SSSR count). The van der Waals surface area contributed by atoms with E-state index in [9.17, 15) is 15.0 Å². The van der Waals surface area contributed by atoms with Gasteiger partial charge in [-0.05, 0) is 32.1 Å². The van der Waals surface area contributed by atoms with Gasteiger partial charge in [-0.25, -0.2) is 0 Å². The topological polar surface area (TPSA) is 69.6 Å². The van der Waals surface area contributed by atoms with Gasteiger partial charge in [-0.1, -0.05) is 256 Å². The fraction of sp³-hybridized carbons (Fsp3) is 0.900. The van der Waals surface area contributed by atoms with E-state index in [1.807, 2.05) is 6.08 Å². The average Bonchev–Trinajstić information content (AvgIpc) is 3.18. The molecule has 0 spiro atoms. The molecule has 3 N–H and O–H groups in total. The van der Waals surface area contributed by atoms with Crippen molar-refractivity contribution >= 4 is 5.91 Å². The minimum Gasteiger partial charge on any atom is -0.394 e. The molecular weight excluding hydrogens is 663 g/mol. The molecule has 0 fully saturated rings. The Bertz CT molecular complexity index is 780. The van der Waals surface area contributed by atoms with Gasteiger partial charge in [-0.2, -0.15) is 0 Å². The van der Waals surface area contributed by atoms with Crippen LogP contribution in [-0.2, 0) is 4.79 Å². The average molecular weight is 760 g/mol. The summed E-state index contributed by atoms with van der Waals surface area (Å²) < 4.78 is 0. The van der Waals surface area contributed by atoms with Crippen molar-refractivity contribution in [3.63, 3.8) is 0 Å². The van der Waals surface area contributed by atoms with Crippen LogP contribution in [0.3, 0.4) is 0 Å².